The molecule has 0 spiro atoms. The number of carbonyl (C=O) groups is 1. The van der Waals surface area contributed by atoms with Gasteiger partial charge in [-0.2, -0.15) is 0 Å². The van der Waals surface area contributed by atoms with Gasteiger partial charge in [0.15, 0.2) is 0 Å². The van der Waals surface area contributed by atoms with Crippen molar-refractivity contribution in [3.63, 3.8) is 0 Å². The molecule has 0 saturated heterocycles. The minimum Gasteiger partial charge on any atom is -0.478 e. The number of anilines is 1. The van der Waals surface area contributed by atoms with Gasteiger partial charge in [-0.05, 0) is 41.5 Å². The number of hydrogen-bond donors (Lipinski definition) is 2. The van der Waals surface area contributed by atoms with Gasteiger partial charge in [0.25, 0.3) is 0 Å². The van der Waals surface area contributed by atoms with Crippen LogP contribution in [-0.4, -0.2) is 11.1 Å². The molecule has 3 nitrogen and oxygen atoms in total. The van der Waals surface area contributed by atoms with Crippen LogP contribution in [0.2, 0.25) is 0 Å². The molecule has 0 radical (unpaired) electrons. The van der Waals surface area contributed by atoms with Crippen molar-refractivity contribution in [1.82, 2.24) is 0 Å². The quantitative estimate of drug-likeness (QED) is 0.781. The fourth-order valence-corrected chi connectivity index (χ4v) is 1.62. The number of hydrogen-bond acceptors (Lipinski definition) is 2. The van der Waals surface area contributed by atoms with E-state index in [4.69, 9.17) is 10.8 Å². The number of carboxylic acids is 1. The normalized spacial score (nSPS) is 10.2. The fraction of sp³-hybridized carbons (Fsp3) is 0. The highest BCUT2D eigenvalue weighted by Gasteiger charge is 2.11. The van der Waals surface area contributed by atoms with Crippen LogP contribution in [0.25, 0.3) is 11.1 Å². The number of carboxylic acid groups (broad SMARTS) is 1. The van der Waals surface area contributed by atoms with Crippen LogP contribution in [0.15, 0.2) is 42.5 Å². The average molecular weight is 231 g/mol. The summed E-state index contributed by atoms with van der Waals surface area (Å²) in [5.74, 6) is -1.40. The molecule has 0 heterocycles. The highest BCUT2D eigenvalue weighted by Crippen LogP contribution is 2.26. The van der Waals surface area contributed by atoms with E-state index >= 15 is 0 Å². The second-order valence-corrected chi connectivity index (χ2v) is 3.62. The van der Waals surface area contributed by atoms with E-state index in [2.05, 4.69) is 0 Å². The molecule has 0 aromatic heterocycles. The second-order valence-electron chi connectivity index (χ2n) is 3.62. The first kappa shape index (κ1) is 11.1. The summed E-state index contributed by atoms with van der Waals surface area (Å²) in [5.41, 5.74) is 7.34. The van der Waals surface area contributed by atoms with E-state index in [0.29, 0.717) is 16.8 Å². The maximum atomic E-state index is 12.8. The second kappa shape index (κ2) is 4.25. The number of nitrogen functional groups attached to an aromatic ring is 1. The fourth-order valence-electron chi connectivity index (χ4n) is 1.62. The molecule has 3 N–H and O–H groups in total. The molecule has 0 aliphatic carbocycles. The van der Waals surface area contributed by atoms with Crippen LogP contribution in [0.5, 0.6) is 0 Å². The molecule has 0 unspecified atom stereocenters. The first-order valence-electron chi connectivity index (χ1n) is 4.96. The minimum absolute atomic E-state index is 0.144. The van der Waals surface area contributed by atoms with Gasteiger partial charge in [0, 0.05) is 5.69 Å². The Hall–Kier alpha value is -2.36. The highest BCUT2D eigenvalue weighted by atomic mass is 19.1. The van der Waals surface area contributed by atoms with Crippen molar-refractivity contribution in [3.05, 3.63) is 53.8 Å². The van der Waals surface area contributed by atoms with E-state index in [9.17, 15) is 9.18 Å². The van der Waals surface area contributed by atoms with Crippen molar-refractivity contribution >= 4 is 11.7 Å². The summed E-state index contributed by atoms with van der Waals surface area (Å²) in [6.45, 7) is 0. The zero-order chi connectivity index (χ0) is 12.4. The summed E-state index contributed by atoms with van der Waals surface area (Å²) in [6.07, 6.45) is 0. The molecule has 0 atom stereocenters. The van der Waals surface area contributed by atoms with E-state index in [1.165, 1.54) is 36.4 Å². The van der Waals surface area contributed by atoms with Gasteiger partial charge < -0.3 is 10.8 Å². The Kier molecular flexibility index (Phi) is 2.78. The SMILES string of the molecule is Nc1ccc(C(=O)O)c(-c2ccc(F)cc2)c1. The molecule has 0 aliphatic rings. The summed E-state index contributed by atoms with van der Waals surface area (Å²) in [4.78, 5) is 11.1. The lowest BCUT2D eigenvalue weighted by molar-refractivity contribution is 0.0698. The Balaban J connectivity index is 2.60. The number of nitrogens with two attached hydrogens (primary N) is 1. The Morgan fingerprint density at radius 3 is 2.35 bits per heavy atom. The maximum Gasteiger partial charge on any atom is 0.336 e. The lowest BCUT2D eigenvalue weighted by Crippen LogP contribution is -2.00. The molecule has 2 rings (SSSR count). The standard InChI is InChI=1S/C13H10FNO2/c14-9-3-1-8(2-4-9)12-7-10(15)5-6-11(12)13(16)17/h1-7H,15H2,(H,16,17). The first-order valence-corrected chi connectivity index (χ1v) is 4.96. The number of halogens is 1. The summed E-state index contributed by atoms with van der Waals surface area (Å²) < 4.78 is 12.8. The monoisotopic (exact) mass is 231 g/mol. The van der Waals surface area contributed by atoms with Gasteiger partial charge in [-0.3, -0.25) is 0 Å². The van der Waals surface area contributed by atoms with Crippen LogP contribution >= 0.6 is 0 Å². The molecular formula is C13H10FNO2. The minimum atomic E-state index is -1.04. The lowest BCUT2D eigenvalue weighted by Gasteiger charge is -2.07. The molecule has 0 saturated carbocycles. The predicted octanol–water partition coefficient (Wildman–Crippen LogP) is 2.77. The van der Waals surface area contributed by atoms with Gasteiger partial charge in [0.2, 0.25) is 0 Å². The van der Waals surface area contributed by atoms with Crippen molar-refractivity contribution in [2.45, 2.75) is 0 Å². The van der Waals surface area contributed by atoms with E-state index in [1.54, 1.807) is 6.07 Å². The van der Waals surface area contributed by atoms with Gasteiger partial charge in [0.1, 0.15) is 5.82 Å². The van der Waals surface area contributed by atoms with Gasteiger partial charge >= 0.3 is 5.97 Å². The van der Waals surface area contributed by atoms with Crippen LogP contribution in [0.3, 0.4) is 0 Å². The molecule has 0 fully saturated rings. The summed E-state index contributed by atoms with van der Waals surface area (Å²) in [5, 5.41) is 9.06. The predicted molar refractivity (Wildman–Crippen MR) is 63.2 cm³/mol. The average Bonchev–Trinajstić information content (AvgIpc) is 2.29. The van der Waals surface area contributed by atoms with Gasteiger partial charge in [0.05, 0.1) is 5.56 Å². The van der Waals surface area contributed by atoms with Crippen LogP contribution in [-0.2, 0) is 0 Å². The third-order valence-electron chi connectivity index (χ3n) is 2.43. The highest BCUT2D eigenvalue weighted by molar-refractivity contribution is 5.96. The largest absolute Gasteiger partial charge is 0.478 e. The third kappa shape index (κ3) is 2.25. The molecule has 0 amide bonds. The van der Waals surface area contributed by atoms with Gasteiger partial charge in [-0.15, -0.1) is 0 Å². The van der Waals surface area contributed by atoms with E-state index in [0.717, 1.165) is 0 Å². The Bertz CT molecular complexity index is 564. The Morgan fingerprint density at radius 1 is 1.12 bits per heavy atom. The van der Waals surface area contributed by atoms with E-state index < -0.39 is 5.97 Å². The van der Waals surface area contributed by atoms with Crippen LogP contribution < -0.4 is 5.73 Å². The topological polar surface area (TPSA) is 63.3 Å². The van der Waals surface area contributed by atoms with Crippen molar-refractivity contribution in [2.75, 3.05) is 5.73 Å². The molecule has 0 bridgehead atoms. The van der Waals surface area contributed by atoms with Crippen LogP contribution in [0.1, 0.15) is 10.4 Å². The smallest absolute Gasteiger partial charge is 0.336 e. The van der Waals surface area contributed by atoms with Crippen molar-refractivity contribution in [3.8, 4) is 11.1 Å². The Labute approximate surface area is 97.3 Å². The molecule has 4 heteroatoms. The molecule has 2 aromatic rings. The molecule has 0 aliphatic heterocycles. The zero-order valence-corrected chi connectivity index (χ0v) is 8.85. The summed E-state index contributed by atoms with van der Waals surface area (Å²) in [6, 6.07) is 10.1. The summed E-state index contributed by atoms with van der Waals surface area (Å²) >= 11 is 0. The molecule has 86 valence electrons. The molecular weight excluding hydrogens is 221 g/mol. The number of benzene rings is 2. The molecule has 2 aromatic carbocycles. The third-order valence-corrected chi connectivity index (χ3v) is 2.43. The van der Waals surface area contributed by atoms with Crippen LogP contribution in [0, 0.1) is 5.82 Å². The van der Waals surface area contributed by atoms with Crippen molar-refractivity contribution < 1.29 is 14.3 Å². The summed E-state index contributed by atoms with van der Waals surface area (Å²) in [7, 11) is 0. The molecule has 17 heavy (non-hydrogen) atoms. The van der Waals surface area contributed by atoms with Crippen molar-refractivity contribution in [1.29, 1.82) is 0 Å². The maximum absolute atomic E-state index is 12.8. The first-order chi connectivity index (χ1) is 8.08. The van der Waals surface area contributed by atoms with E-state index in [1.807, 2.05) is 0 Å². The Morgan fingerprint density at radius 2 is 1.76 bits per heavy atom. The van der Waals surface area contributed by atoms with Gasteiger partial charge in [-0.1, -0.05) is 12.1 Å². The van der Waals surface area contributed by atoms with Crippen molar-refractivity contribution in [2.24, 2.45) is 0 Å². The zero-order valence-electron chi connectivity index (χ0n) is 8.85. The lowest BCUT2D eigenvalue weighted by atomic mass is 9.99. The number of aromatic carboxylic acids is 1. The number of rotatable bonds is 2. The van der Waals surface area contributed by atoms with Gasteiger partial charge in [-0.25, -0.2) is 9.18 Å². The van der Waals surface area contributed by atoms with E-state index in [-0.39, 0.29) is 11.4 Å². The van der Waals surface area contributed by atoms with Crippen LogP contribution in [0.4, 0.5) is 10.1 Å².